The summed E-state index contributed by atoms with van der Waals surface area (Å²) in [4.78, 5) is 9.90. The Kier molecular flexibility index (Phi) is 8.95. The highest BCUT2D eigenvalue weighted by Crippen LogP contribution is 2.19. The lowest BCUT2D eigenvalue weighted by atomic mass is 10.1. The number of hydrogen-bond acceptors (Lipinski definition) is 4. The summed E-state index contributed by atoms with van der Waals surface area (Å²) in [7, 11) is 0. The first kappa shape index (κ1) is 23.0. The average molecular weight is 524 g/mol. The van der Waals surface area contributed by atoms with Crippen LogP contribution in [0.15, 0.2) is 47.7 Å². The Labute approximate surface area is 196 Å². The predicted octanol–water partition coefficient (Wildman–Crippen LogP) is 2.61. The van der Waals surface area contributed by atoms with E-state index in [1.807, 2.05) is 16.9 Å². The second kappa shape index (κ2) is 11.7. The van der Waals surface area contributed by atoms with Crippen LogP contribution >= 0.6 is 24.0 Å². The fourth-order valence-electron chi connectivity index (χ4n) is 4.13. The van der Waals surface area contributed by atoms with E-state index in [0.29, 0.717) is 12.5 Å². The molecule has 2 saturated heterocycles. The van der Waals surface area contributed by atoms with Gasteiger partial charge >= 0.3 is 0 Å². The molecule has 2 aliphatic heterocycles. The van der Waals surface area contributed by atoms with Crippen molar-refractivity contribution in [1.29, 1.82) is 0 Å². The lowest BCUT2D eigenvalue weighted by molar-refractivity contribution is 0.0315. The predicted molar refractivity (Wildman–Crippen MR) is 131 cm³/mol. The van der Waals surface area contributed by atoms with E-state index in [4.69, 9.17) is 9.73 Å². The molecule has 1 N–H and O–H groups in total. The Hall–Kier alpha value is -1.65. The van der Waals surface area contributed by atoms with Gasteiger partial charge in [-0.15, -0.1) is 24.0 Å². The number of hydrogen-bond donors (Lipinski definition) is 1. The number of aliphatic imine (C=N–C) groups is 1. The number of rotatable bonds is 6. The molecule has 0 saturated carbocycles. The normalized spacial score (nSPS) is 20.2. The van der Waals surface area contributed by atoms with Gasteiger partial charge in [0.15, 0.2) is 5.96 Å². The molecular weight excluding hydrogens is 491 g/mol. The van der Waals surface area contributed by atoms with E-state index in [0.717, 1.165) is 57.6 Å². The summed E-state index contributed by atoms with van der Waals surface area (Å²) in [6, 6.07) is 10.4. The van der Waals surface area contributed by atoms with E-state index >= 15 is 0 Å². The minimum atomic E-state index is 0. The van der Waals surface area contributed by atoms with Gasteiger partial charge in [0.25, 0.3) is 0 Å². The van der Waals surface area contributed by atoms with E-state index in [9.17, 15) is 0 Å². The maximum absolute atomic E-state index is 5.47. The maximum atomic E-state index is 5.47. The number of halogens is 1. The van der Waals surface area contributed by atoms with E-state index in [2.05, 4.69) is 51.4 Å². The van der Waals surface area contributed by atoms with Gasteiger partial charge in [-0.2, -0.15) is 5.10 Å². The Morgan fingerprint density at radius 2 is 2.10 bits per heavy atom. The van der Waals surface area contributed by atoms with Gasteiger partial charge < -0.3 is 15.0 Å². The number of likely N-dealkylation sites (tertiary alicyclic amines) is 1. The Morgan fingerprint density at radius 3 is 2.87 bits per heavy atom. The lowest BCUT2D eigenvalue weighted by Gasteiger charge is -2.29. The van der Waals surface area contributed by atoms with Crippen LogP contribution in [0, 0.1) is 5.92 Å². The minimum Gasteiger partial charge on any atom is -0.379 e. The Morgan fingerprint density at radius 1 is 1.23 bits per heavy atom. The van der Waals surface area contributed by atoms with Crippen LogP contribution in [-0.4, -0.2) is 78.0 Å². The monoisotopic (exact) mass is 524 g/mol. The van der Waals surface area contributed by atoms with Crippen molar-refractivity contribution in [2.75, 3.05) is 52.5 Å². The zero-order valence-electron chi connectivity index (χ0n) is 17.7. The van der Waals surface area contributed by atoms with E-state index in [-0.39, 0.29) is 24.0 Å². The molecule has 2 aromatic rings. The molecule has 2 aliphatic rings. The number of ether oxygens (including phenoxy) is 1. The van der Waals surface area contributed by atoms with Crippen LogP contribution in [0.5, 0.6) is 0 Å². The van der Waals surface area contributed by atoms with Crippen molar-refractivity contribution < 1.29 is 4.74 Å². The third-order valence-electron chi connectivity index (χ3n) is 5.63. The minimum absolute atomic E-state index is 0. The van der Waals surface area contributed by atoms with Gasteiger partial charge in [0.1, 0.15) is 0 Å². The molecule has 3 heterocycles. The molecule has 0 amide bonds. The second-order valence-corrected chi connectivity index (χ2v) is 7.80. The number of morpholine rings is 1. The summed E-state index contributed by atoms with van der Waals surface area (Å²) < 4.78 is 7.36. The van der Waals surface area contributed by atoms with Crippen molar-refractivity contribution in [3.8, 4) is 5.69 Å². The number of aromatic nitrogens is 2. The topological polar surface area (TPSA) is 57.9 Å². The number of nitrogens with zero attached hydrogens (tertiary/aromatic N) is 5. The molecule has 1 aromatic carbocycles. The van der Waals surface area contributed by atoms with Crippen LogP contribution in [-0.2, 0) is 11.3 Å². The van der Waals surface area contributed by atoms with Gasteiger partial charge in [0.2, 0.25) is 0 Å². The SMILES string of the molecule is CCNC(=NCc1cccc(-n2cccn2)c1)N1CCC(CN2CCOCC2)C1.I. The van der Waals surface area contributed by atoms with Gasteiger partial charge in [0, 0.05) is 51.7 Å². The summed E-state index contributed by atoms with van der Waals surface area (Å²) in [5.41, 5.74) is 2.26. The van der Waals surface area contributed by atoms with Crippen LogP contribution in [0.1, 0.15) is 18.9 Å². The number of benzene rings is 1. The zero-order chi connectivity index (χ0) is 19.9. The summed E-state index contributed by atoms with van der Waals surface area (Å²) >= 11 is 0. The molecule has 1 aromatic heterocycles. The van der Waals surface area contributed by atoms with E-state index in [1.54, 1.807) is 6.20 Å². The van der Waals surface area contributed by atoms with Gasteiger partial charge in [-0.25, -0.2) is 9.67 Å². The first-order chi connectivity index (χ1) is 14.3. The lowest BCUT2D eigenvalue weighted by Crippen LogP contribution is -2.42. The summed E-state index contributed by atoms with van der Waals surface area (Å²) in [6.45, 7) is 10.9. The highest BCUT2D eigenvalue weighted by atomic mass is 127. The molecule has 7 nitrogen and oxygen atoms in total. The van der Waals surface area contributed by atoms with Gasteiger partial charge in [-0.05, 0) is 43.0 Å². The molecular formula is C22H33IN6O. The molecule has 0 radical (unpaired) electrons. The van der Waals surface area contributed by atoms with Crippen molar-refractivity contribution in [3.05, 3.63) is 48.3 Å². The van der Waals surface area contributed by atoms with Crippen molar-refractivity contribution in [2.24, 2.45) is 10.9 Å². The number of guanidine groups is 1. The molecule has 1 unspecified atom stereocenters. The molecule has 164 valence electrons. The molecule has 2 fully saturated rings. The van der Waals surface area contributed by atoms with Gasteiger partial charge in [-0.1, -0.05) is 12.1 Å². The third kappa shape index (κ3) is 6.18. The fourth-order valence-corrected chi connectivity index (χ4v) is 4.13. The van der Waals surface area contributed by atoms with Crippen LogP contribution in [0.3, 0.4) is 0 Å². The molecule has 0 aliphatic carbocycles. The van der Waals surface area contributed by atoms with Crippen LogP contribution in [0.4, 0.5) is 0 Å². The summed E-state index contributed by atoms with van der Waals surface area (Å²) in [6.07, 6.45) is 5.00. The van der Waals surface area contributed by atoms with E-state index < -0.39 is 0 Å². The van der Waals surface area contributed by atoms with Gasteiger partial charge in [-0.3, -0.25) is 4.90 Å². The van der Waals surface area contributed by atoms with Crippen molar-refractivity contribution in [2.45, 2.75) is 19.9 Å². The highest BCUT2D eigenvalue weighted by molar-refractivity contribution is 14.0. The van der Waals surface area contributed by atoms with Crippen molar-refractivity contribution in [3.63, 3.8) is 0 Å². The fraction of sp³-hybridized carbons (Fsp3) is 0.545. The zero-order valence-corrected chi connectivity index (χ0v) is 20.1. The Bertz CT molecular complexity index is 791. The average Bonchev–Trinajstić information content (AvgIpc) is 3.45. The molecule has 30 heavy (non-hydrogen) atoms. The van der Waals surface area contributed by atoms with Crippen LogP contribution in [0.2, 0.25) is 0 Å². The molecule has 0 bridgehead atoms. The van der Waals surface area contributed by atoms with E-state index in [1.165, 1.54) is 18.5 Å². The van der Waals surface area contributed by atoms with Gasteiger partial charge in [0.05, 0.1) is 25.4 Å². The molecule has 4 rings (SSSR count). The third-order valence-corrected chi connectivity index (χ3v) is 5.63. The maximum Gasteiger partial charge on any atom is 0.194 e. The first-order valence-corrected chi connectivity index (χ1v) is 10.7. The first-order valence-electron chi connectivity index (χ1n) is 10.7. The largest absolute Gasteiger partial charge is 0.379 e. The molecule has 8 heteroatoms. The number of nitrogens with one attached hydrogen (secondary N) is 1. The molecule has 0 spiro atoms. The van der Waals surface area contributed by atoms with Crippen LogP contribution in [0.25, 0.3) is 5.69 Å². The summed E-state index contributed by atoms with van der Waals surface area (Å²) in [5.74, 6) is 1.74. The smallest absolute Gasteiger partial charge is 0.194 e. The quantitative estimate of drug-likeness (QED) is 0.358. The van der Waals surface area contributed by atoms with Crippen LogP contribution < -0.4 is 5.32 Å². The standard InChI is InChI=1S/C22H32N6O.HI/c1-2-23-22(27-10-7-20(18-27)17-26-11-13-29-14-12-26)24-16-19-5-3-6-21(15-19)28-9-4-8-25-28;/h3-6,8-9,15,20H,2,7,10-14,16-18H2,1H3,(H,23,24);1H. The van der Waals surface area contributed by atoms with Crippen molar-refractivity contribution in [1.82, 2.24) is 24.9 Å². The Balaban J connectivity index is 0.00000256. The molecule has 1 atom stereocenters. The highest BCUT2D eigenvalue weighted by Gasteiger charge is 2.27. The second-order valence-electron chi connectivity index (χ2n) is 7.80. The summed E-state index contributed by atoms with van der Waals surface area (Å²) in [5, 5.41) is 7.81. The van der Waals surface area contributed by atoms with Crippen molar-refractivity contribution >= 4 is 29.9 Å².